The van der Waals surface area contributed by atoms with Crippen LogP contribution in [-0.4, -0.2) is 69.6 Å². The molecule has 35 heavy (non-hydrogen) atoms. The maximum absolute atomic E-state index is 13.2. The number of hydrogen-bond acceptors (Lipinski definition) is 8. The lowest BCUT2D eigenvalue weighted by molar-refractivity contribution is -0.135. The Bertz CT molecular complexity index is 1200. The summed E-state index contributed by atoms with van der Waals surface area (Å²) in [5, 5.41) is 8.03. The van der Waals surface area contributed by atoms with Crippen molar-refractivity contribution in [2.24, 2.45) is 5.92 Å². The fourth-order valence-corrected chi connectivity index (χ4v) is 4.76. The van der Waals surface area contributed by atoms with Crippen molar-refractivity contribution in [2.75, 3.05) is 37.6 Å². The quantitative estimate of drug-likeness (QED) is 0.546. The summed E-state index contributed by atoms with van der Waals surface area (Å²) in [7, 11) is 0. The molecule has 11 heteroatoms. The van der Waals surface area contributed by atoms with Crippen LogP contribution in [0.15, 0.2) is 33.3 Å². The lowest BCUT2D eigenvalue weighted by atomic mass is 10.1. The number of carbonyl (C=O) groups excluding carboxylic acids is 2. The topological polar surface area (TPSA) is 109 Å². The number of halogens is 1. The Morgan fingerprint density at radius 1 is 1.09 bits per heavy atom. The maximum atomic E-state index is 13.2. The molecule has 10 nitrogen and oxygen atoms in total. The molecule has 0 saturated carbocycles. The number of aryl methyl sites for hydroxylation is 2. The minimum atomic E-state index is -0.395. The molecule has 1 unspecified atom stereocenters. The average Bonchev–Trinajstić information content (AvgIpc) is 3.49. The van der Waals surface area contributed by atoms with Gasteiger partial charge in [-0.15, -0.1) is 0 Å². The second-order valence-corrected chi connectivity index (χ2v) is 9.05. The van der Waals surface area contributed by atoms with E-state index in [4.69, 9.17) is 9.05 Å². The van der Waals surface area contributed by atoms with Crippen LogP contribution >= 0.6 is 0 Å². The van der Waals surface area contributed by atoms with E-state index in [1.807, 2.05) is 11.8 Å². The molecule has 0 radical (unpaired) electrons. The molecule has 2 amide bonds. The Kier molecular flexibility index (Phi) is 6.33. The van der Waals surface area contributed by atoms with E-state index in [0.717, 1.165) is 18.5 Å². The largest absolute Gasteiger partial charge is 0.361 e. The van der Waals surface area contributed by atoms with Crippen LogP contribution < -0.4 is 4.90 Å². The van der Waals surface area contributed by atoms with Crippen LogP contribution in [-0.2, 0) is 16.1 Å². The van der Waals surface area contributed by atoms with Crippen molar-refractivity contribution in [3.63, 3.8) is 0 Å². The summed E-state index contributed by atoms with van der Waals surface area (Å²) in [6, 6.07) is 5.78. The van der Waals surface area contributed by atoms with Gasteiger partial charge >= 0.3 is 0 Å². The highest BCUT2D eigenvalue weighted by atomic mass is 19.1. The first kappa shape index (κ1) is 23.2. The van der Waals surface area contributed by atoms with Crippen molar-refractivity contribution >= 4 is 17.5 Å². The minimum Gasteiger partial charge on any atom is -0.361 e. The van der Waals surface area contributed by atoms with Gasteiger partial charge < -0.3 is 18.8 Å². The Balaban J connectivity index is 1.17. The minimum absolute atomic E-state index is 0.00920. The smallest absolute Gasteiger partial charge is 0.263 e. The number of carbonyl (C=O) groups is 2. The molecule has 2 aromatic heterocycles. The number of benzene rings is 1. The lowest BCUT2D eigenvalue weighted by Crippen LogP contribution is -2.40. The van der Waals surface area contributed by atoms with Gasteiger partial charge in [0, 0.05) is 44.8 Å². The fraction of sp³-hybridized carbons (Fsp3) is 0.458. The Morgan fingerprint density at radius 3 is 2.63 bits per heavy atom. The van der Waals surface area contributed by atoms with Crippen molar-refractivity contribution in [3.8, 4) is 11.5 Å². The molecule has 2 saturated heterocycles. The molecule has 2 aliphatic heterocycles. The predicted octanol–water partition coefficient (Wildman–Crippen LogP) is 2.57. The molecule has 184 valence electrons. The molecule has 2 fully saturated rings. The lowest BCUT2D eigenvalue weighted by Gasteiger charge is -2.24. The van der Waals surface area contributed by atoms with E-state index >= 15 is 0 Å². The van der Waals surface area contributed by atoms with Gasteiger partial charge in [-0.25, -0.2) is 4.39 Å². The summed E-state index contributed by atoms with van der Waals surface area (Å²) in [6.45, 7) is 7.12. The van der Waals surface area contributed by atoms with E-state index in [1.165, 1.54) is 12.1 Å². The van der Waals surface area contributed by atoms with Crippen LogP contribution in [0.25, 0.3) is 11.5 Å². The van der Waals surface area contributed by atoms with E-state index in [1.54, 1.807) is 24.0 Å². The standard InChI is InChI=1S/C24H27FN6O4/c1-15-22(16(2)34-27-15)23-26-20(28-35-23)14-29-8-3-9-30(11-10-29)24(33)17-12-21(32)31(13-17)19-6-4-18(25)5-7-19/h4-7,17H,3,8-14H2,1-2H3. The van der Waals surface area contributed by atoms with E-state index in [0.29, 0.717) is 61.6 Å². The molecular formula is C24H27FN6O4. The Morgan fingerprint density at radius 2 is 1.89 bits per heavy atom. The second kappa shape index (κ2) is 9.57. The van der Waals surface area contributed by atoms with E-state index in [2.05, 4.69) is 20.2 Å². The number of rotatable bonds is 5. The van der Waals surface area contributed by atoms with Gasteiger partial charge in [0.25, 0.3) is 5.89 Å². The highest BCUT2D eigenvalue weighted by molar-refractivity contribution is 6.00. The molecular weight excluding hydrogens is 455 g/mol. The Labute approximate surface area is 201 Å². The molecule has 0 aliphatic carbocycles. The van der Waals surface area contributed by atoms with Crippen molar-refractivity contribution in [3.05, 3.63) is 47.4 Å². The van der Waals surface area contributed by atoms with Gasteiger partial charge in [0.1, 0.15) is 17.1 Å². The summed E-state index contributed by atoms with van der Waals surface area (Å²) in [5.41, 5.74) is 2.03. The third kappa shape index (κ3) is 4.81. The van der Waals surface area contributed by atoms with Gasteiger partial charge in [-0.2, -0.15) is 4.98 Å². The number of hydrogen-bond donors (Lipinski definition) is 0. The third-order valence-corrected chi connectivity index (χ3v) is 6.59. The first-order valence-corrected chi connectivity index (χ1v) is 11.7. The number of nitrogens with zero attached hydrogens (tertiary/aromatic N) is 6. The second-order valence-electron chi connectivity index (χ2n) is 9.05. The normalized spacial score (nSPS) is 19.4. The highest BCUT2D eigenvalue weighted by Gasteiger charge is 2.37. The SMILES string of the molecule is Cc1noc(C)c1-c1nc(CN2CCCN(C(=O)C3CC(=O)N(c4ccc(F)cc4)C3)CC2)no1. The average molecular weight is 483 g/mol. The maximum Gasteiger partial charge on any atom is 0.263 e. The molecule has 1 aromatic carbocycles. The fourth-order valence-electron chi connectivity index (χ4n) is 4.76. The molecule has 2 aliphatic rings. The number of anilines is 1. The molecule has 0 bridgehead atoms. The Hall–Kier alpha value is -3.60. The van der Waals surface area contributed by atoms with Crippen LogP contribution in [0.4, 0.5) is 10.1 Å². The van der Waals surface area contributed by atoms with E-state index in [9.17, 15) is 14.0 Å². The van der Waals surface area contributed by atoms with Crippen LogP contribution in [0.5, 0.6) is 0 Å². The van der Waals surface area contributed by atoms with Gasteiger partial charge in [0.15, 0.2) is 5.82 Å². The molecule has 1 atom stereocenters. The van der Waals surface area contributed by atoms with Crippen LogP contribution in [0.3, 0.4) is 0 Å². The first-order valence-electron chi connectivity index (χ1n) is 11.7. The summed E-state index contributed by atoms with van der Waals surface area (Å²) in [4.78, 5) is 35.8. The van der Waals surface area contributed by atoms with E-state index < -0.39 is 5.92 Å². The van der Waals surface area contributed by atoms with Crippen molar-refractivity contribution < 1.29 is 23.0 Å². The number of amides is 2. The zero-order chi connectivity index (χ0) is 24.5. The number of aromatic nitrogens is 3. The van der Waals surface area contributed by atoms with E-state index in [-0.39, 0.29) is 24.1 Å². The highest BCUT2D eigenvalue weighted by Crippen LogP contribution is 2.27. The summed E-state index contributed by atoms with van der Waals surface area (Å²) >= 11 is 0. The first-order chi connectivity index (χ1) is 16.9. The van der Waals surface area contributed by atoms with Crippen LogP contribution in [0.1, 0.15) is 30.1 Å². The van der Waals surface area contributed by atoms with Gasteiger partial charge in [-0.3, -0.25) is 14.5 Å². The van der Waals surface area contributed by atoms with Crippen molar-refractivity contribution in [1.82, 2.24) is 25.1 Å². The molecule has 5 rings (SSSR count). The zero-order valence-electron chi connectivity index (χ0n) is 19.7. The summed E-state index contributed by atoms with van der Waals surface area (Å²) in [6.07, 6.45) is 0.979. The molecule has 3 aromatic rings. The summed E-state index contributed by atoms with van der Waals surface area (Å²) < 4.78 is 23.8. The summed E-state index contributed by atoms with van der Waals surface area (Å²) in [5.74, 6) is 0.708. The zero-order valence-corrected chi connectivity index (χ0v) is 19.7. The monoisotopic (exact) mass is 482 g/mol. The van der Waals surface area contributed by atoms with Gasteiger partial charge in [-0.1, -0.05) is 10.3 Å². The van der Waals surface area contributed by atoms with Gasteiger partial charge in [0.2, 0.25) is 11.8 Å². The van der Waals surface area contributed by atoms with Gasteiger partial charge in [0.05, 0.1) is 18.2 Å². The van der Waals surface area contributed by atoms with Crippen LogP contribution in [0.2, 0.25) is 0 Å². The van der Waals surface area contributed by atoms with Crippen LogP contribution in [0, 0.1) is 25.6 Å². The molecule has 0 spiro atoms. The molecule has 4 heterocycles. The van der Waals surface area contributed by atoms with Gasteiger partial charge in [-0.05, 0) is 44.5 Å². The van der Waals surface area contributed by atoms with Crippen molar-refractivity contribution in [1.29, 1.82) is 0 Å². The molecule has 0 N–H and O–H groups in total. The van der Waals surface area contributed by atoms with Crippen molar-refractivity contribution in [2.45, 2.75) is 33.2 Å². The third-order valence-electron chi connectivity index (χ3n) is 6.59. The predicted molar refractivity (Wildman–Crippen MR) is 123 cm³/mol.